The van der Waals surface area contributed by atoms with Crippen LogP contribution in [-0.2, 0) is 4.79 Å². The summed E-state index contributed by atoms with van der Waals surface area (Å²) in [5.74, 6) is -1.60. The van der Waals surface area contributed by atoms with Gasteiger partial charge in [-0.3, -0.25) is 14.6 Å². The monoisotopic (exact) mass is 496 g/mol. The molecule has 33 heavy (non-hydrogen) atoms. The second-order valence-electron chi connectivity index (χ2n) is 6.36. The van der Waals surface area contributed by atoms with E-state index in [0.717, 1.165) is 23.9 Å². The molecular formula is C21H16ClF3N4O3S. The fraction of sp³-hybridized carbons (Fsp3) is 0.143. The van der Waals surface area contributed by atoms with Crippen LogP contribution >= 0.6 is 23.4 Å². The first-order chi connectivity index (χ1) is 15.7. The van der Waals surface area contributed by atoms with Crippen molar-refractivity contribution < 1.29 is 27.5 Å². The van der Waals surface area contributed by atoms with E-state index in [1.54, 1.807) is 36.7 Å². The van der Waals surface area contributed by atoms with Gasteiger partial charge in [0.15, 0.2) is 0 Å². The molecule has 0 aliphatic rings. The van der Waals surface area contributed by atoms with Crippen molar-refractivity contribution in [1.82, 2.24) is 15.3 Å². The number of thioether (sulfide) groups is 1. The van der Waals surface area contributed by atoms with Gasteiger partial charge in [0, 0.05) is 24.3 Å². The number of alkyl halides is 4. The van der Waals surface area contributed by atoms with Gasteiger partial charge in [0.05, 0.1) is 5.56 Å². The Hall–Kier alpha value is -3.31. The predicted molar refractivity (Wildman–Crippen MR) is 117 cm³/mol. The summed E-state index contributed by atoms with van der Waals surface area (Å²) in [6.07, 6.45) is -0.186. The van der Waals surface area contributed by atoms with Crippen LogP contribution < -0.4 is 15.4 Å². The highest BCUT2D eigenvalue weighted by Crippen LogP contribution is 2.34. The van der Waals surface area contributed by atoms with Crippen molar-refractivity contribution in [2.45, 2.75) is 16.8 Å². The lowest BCUT2D eigenvalue weighted by atomic mass is 10.2. The summed E-state index contributed by atoms with van der Waals surface area (Å²) < 4.78 is 40.7. The van der Waals surface area contributed by atoms with Crippen molar-refractivity contribution in [3.63, 3.8) is 0 Å². The molecule has 172 valence electrons. The highest BCUT2D eigenvalue weighted by Gasteiger charge is 2.31. The number of rotatable bonds is 8. The molecule has 2 N–H and O–H groups in total. The first-order valence-electron chi connectivity index (χ1n) is 9.29. The fourth-order valence-corrected chi connectivity index (χ4v) is 3.80. The first kappa shape index (κ1) is 24.3. The van der Waals surface area contributed by atoms with Crippen LogP contribution in [0.25, 0.3) is 0 Å². The molecule has 2 amide bonds. The Bertz CT molecular complexity index is 1100. The quantitative estimate of drug-likeness (QED) is 0.265. The second-order valence-corrected chi connectivity index (χ2v) is 7.72. The van der Waals surface area contributed by atoms with Gasteiger partial charge >= 0.3 is 6.36 Å². The molecule has 1 aromatic carbocycles. The summed E-state index contributed by atoms with van der Waals surface area (Å²) in [5, 5.41) is 5.09. The molecule has 7 nitrogen and oxygen atoms in total. The van der Waals surface area contributed by atoms with E-state index >= 15 is 0 Å². The number of hydrogen-bond donors (Lipinski definition) is 2. The molecule has 3 aromatic rings. The van der Waals surface area contributed by atoms with Crippen molar-refractivity contribution in [3.05, 3.63) is 78.2 Å². The largest absolute Gasteiger partial charge is 0.573 e. The lowest BCUT2D eigenvalue weighted by molar-refractivity contribution is -0.274. The number of aromatic nitrogens is 2. The molecule has 0 aliphatic carbocycles. The number of nitrogens with zero attached hydrogens (tertiary/aromatic N) is 2. The van der Waals surface area contributed by atoms with E-state index in [1.165, 1.54) is 18.3 Å². The predicted octanol–water partition coefficient (Wildman–Crippen LogP) is 4.77. The zero-order valence-electron chi connectivity index (χ0n) is 16.7. The molecule has 0 radical (unpaired) electrons. The minimum absolute atomic E-state index is 0.206. The van der Waals surface area contributed by atoms with Gasteiger partial charge in [-0.1, -0.05) is 11.8 Å². The smallest absolute Gasteiger partial charge is 0.406 e. The van der Waals surface area contributed by atoms with Crippen LogP contribution in [0.15, 0.2) is 72.1 Å². The third-order valence-electron chi connectivity index (χ3n) is 4.01. The highest BCUT2D eigenvalue weighted by molar-refractivity contribution is 7.99. The van der Waals surface area contributed by atoms with Gasteiger partial charge in [0.2, 0.25) is 5.91 Å². The van der Waals surface area contributed by atoms with Crippen molar-refractivity contribution in [2.24, 2.45) is 0 Å². The van der Waals surface area contributed by atoms with Crippen LogP contribution in [0.3, 0.4) is 0 Å². The van der Waals surface area contributed by atoms with Crippen molar-refractivity contribution >= 4 is 40.9 Å². The van der Waals surface area contributed by atoms with Gasteiger partial charge in [-0.25, -0.2) is 4.98 Å². The average Bonchev–Trinajstić information content (AvgIpc) is 2.79. The van der Waals surface area contributed by atoms with E-state index < -0.39 is 29.3 Å². The van der Waals surface area contributed by atoms with E-state index in [0.29, 0.717) is 10.6 Å². The topological polar surface area (TPSA) is 93.2 Å². The number of ether oxygens (including phenoxy) is 1. The zero-order valence-corrected chi connectivity index (χ0v) is 18.2. The molecule has 12 heteroatoms. The minimum Gasteiger partial charge on any atom is -0.406 e. The van der Waals surface area contributed by atoms with Crippen LogP contribution in [0.5, 0.6) is 5.75 Å². The number of benzene rings is 1. The summed E-state index contributed by atoms with van der Waals surface area (Å²) in [5.41, 5.74) is 1.18. The average molecular weight is 497 g/mol. The normalized spacial score (nSPS) is 12.0. The molecule has 0 spiro atoms. The van der Waals surface area contributed by atoms with E-state index in [1.807, 2.05) is 0 Å². The van der Waals surface area contributed by atoms with Crippen molar-refractivity contribution in [3.8, 4) is 5.75 Å². The maximum Gasteiger partial charge on any atom is 0.573 e. The Morgan fingerprint density at radius 1 is 1.06 bits per heavy atom. The standard InChI is InChI=1S/C21H16ClF3N4O3S/c22-12-17(30)29-19(13-7-10-26-11-8-13)33-20-16(2-1-9-27-20)18(31)28-14-3-5-15(6-4-14)32-21(23,24)25/h1-11,19H,12H2,(H,28,31)(H,29,30). The summed E-state index contributed by atoms with van der Waals surface area (Å²) in [4.78, 5) is 33.0. The molecule has 3 rings (SSSR count). The Labute approximate surface area is 195 Å². The number of pyridine rings is 2. The maximum absolute atomic E-state index is 12.9. The van der Waals surface area contributed by atoms with Gasteiger partial charge in [-0.05, 0) is 54.1 Å². The summed E-state index contributed by atoms with van der Waals surface area (Å²) in [6, 6.07) is 11.3. The number of carbonyl (C=O) groups excluding carboxylic acids is 2. The van der Waals surface area contributed by atoms with Crippen LogP contribution in [0.1, 0.15) is 21.3 Å². The number of anilines is 1. The van der Waals surface area contributed by atoms with E-state index in [-0.39, 0.29) is 17.1 Å². The van der Waals surface area contributed by atoms with E-state index in [2.05, 4.69) is 25.3 Å². The Balaban J connectivity index is 1.78. The van der Waals surface area contributed by atoms with Crippen molar-refractivity contribution in [2.75, 3.05) is 11.2 Å². The Morgan fingerprint density at radius 2 is 1.76 bits per heavy atom. The summed E-state index contributed by atoms with van der Waals surface area (Å²) >= 11 is 6.74. The van der Waals surface area contributed by atoms with Crippen LogP contribution in [-0.4, -0.2) is 34.0 Å². The number of carbonyl (C=O) groups is 2. The lowest BCUT2D eigenvalue weighted by Crippen LogP contribution is -2.28. The highest BCUT2D eigenvalue weighted by atomic mass is 35.5. The number of hydrogen-bond acceptors (Lipinski definition) is 6. The molecule has 1 unspecified atom stereocenters. The zero-order chi connectivity index (χ0) is 23.8. The van der Waals surface area contributed by atoms with Gasteiger partial charge in [0.25, 0.3) is 5.91 Å². The Kier molecular flexibility index (Phi) is 8.12. The third kappa shape index (κ3) is 7.36. The molecular weight excluding hydrogens is 481 g/mol. The van der Waals surface area contributed by atoms with Crippen molar-refractivity contribution in [1.29, 1.82) is 0 Å². The van der Waals surface area contributed by atoms with Gasteiger partial charge in [-0.2, -0.15) is 0 Å². The molecule has 0 fully saturated rings. The molecule has 0 aliphatic heterocycles. The minimum atomic E-state index is -4.81. The van der Waals surface area contributed by atoms with E-state index in [4.69, 9.17) is 11.6 Å². The first-order valence-corrected chi connectivity index (χ1v) is 10.7. The number of halogens is 4. The van der Waals surface area contributed by atoms with Gasteiger partial charge < -0.3 is 15.4 Å². The molecule has 0 saturated heterocycles. The summed E-state index contributed by atoms with van der Waals surface area (Å²) in [6.45, 7) is 0. The molecule has 1 atom stereocenters. The summed E-state index contributed by atoms with van der Waals surface area (Å²) in [7, 11) is 0. The molecule has 2 heterocycles. The molecule has 2 aromatic heterocycles. The van der Waals surface area contributed by atoms with Gasteiger partial charge in [-0.15, -0.1) is 24.8 Å². The molecule has 0 saturated carbocycles. The SMILES string of the molecule is O=C(CCl)NC(Sc1ncccc1C(=O)Nc1ccc(OC(F)(F)F)cc1)c1ccncc1. The van der Waals surface area contributed by atoms with E-state index in [9.17, 15) is 22.8 Å². The lowest BCUT2D eigenvalue weighted by Gasteiger charge is -2.19. The van der Waals surface area contributed by atoms with Crippen LogP contribution in [0.2, 0.25) is 0 Å². The van der Waals surface area contributed by atoms with Crippen LogP contribution in [0.4, 0.5) is 18.9 Å². The Morgan fingerprint density at radius 3 is 2.39 bits per heavy atom. The second kappa shape index (κ2) is 11.0. The molecule has 0 bridgehead atoms. The number of amides is 2. The van der Waals surface area contributed by atoms with Crippen LogP contribution in [0, 0.1) is 0 Å². The number of nitrogens with one attached hydrogen (secondary N) is 2. The maximum atomic E-state index is 12.9. The van der Waals surface area contributed by atoms with Gasteiger partial charge in [0.1, 0.15) is 22.0 Å². The third-order valence-corrected chi connectivity index (χ3v) is 5.43. The fourth-order valence-electron chi connectivity index (χ4n) is 2.61.